The summed E-state index contributed by atoms with van der Waals surface area (Å²) in [6.45, 7) is 6.43. The quantitative estimate of drug-likeness (QED) is 0.493. The second kappa shape index (κ2) is 3.25. The Morgan fingerprint density at radius 3 is 2.73 bits per heavy atom. The van der Waals surface area contributed by atoms with Crippen LogP contribution < -0.4 is 0 Å². The summed E-state index contributed by atoms with van der Waals surface area (Å²) in [6.07, 6.45) is 0.852. The molecule has 0 unspecified atom stereocenters. The van der Waals surface area contributed by atoms with E-state index in [1.165, 1.54) is 0 Å². The minimum Gasteiger partial charge on any atom is -0.347 e. The lowest BCUT2D eigenvalue weighted by Crippen LogP contribution is -2.20. The molecule has 0 spiro atoms. The van der Waals surface area contributed by atoms with E-state index in [9.17, 15) is 0 Å². The molecule has 0 bridgehead atoms. The Morgan fingerprint density at radius 1 is 1.55 bits per heavy atom. The van der Waals surface area contributed by atoms with Crippen molar-refractivity contribution in [3.63, 3.8) is 0 Å². The van der Waals surface area contributed by atoms with Crippen LogP contribution in [0.15, 0.2) is 0 Å². The minimum atomic E-state index is -0.437. The average molecular weight is 154 g/mol. The lowest BCUT2D eigenvalue weighted by atomic mass is 10.3. The third kappa shape index (κ3) is 2.53. The van der Waals surface area contributed by atoms with Crippen LogP contribution in [0.3, 0.4) is 0 Å². The van der Waals surface area contributed by atoms with Gasteiger partial charge in [0.2, 0.25) is 0 Å². The molecule has 1 atom stereocenters. The van der Waals surface area contributed by atoms with Gasteiger partial charge < -0.3 is 9.47 Å². The Hall–Kier alpha value is -0.520. The van der Waals surface area contributed by atoms with Crippen LogP contribution in [0.4, 0.5) is 0 Å². The molecule has 2 nitrogen and oxygen atoms in total. The maximum absolute atomic E-state index is 5.46. The highest BCUT2D eigenvalue weighted by atomic mass is 16.7. The normalized spacial score (nSPS) is 27.7. The molecule has 0 aliphatic carbocycles. The van der Waals surface area contributed by atoms with Crippen LogP contribution in [-0.4, -0.2) is 18.5 Å². The largest absolute Gasteiger partial charge is 0.347 e. The molecular formula is C9H14O2. The molecule has 1 aliphatic rings. The zero-order chi connectivity index (χ0) is 8.32. The molecule has 1 rings (SSSR count). The smallest absolute Gasteiger partial charge is 0.164 e. The molecule has 62 valence electrons. The highest BCUT2D eigenvalue weighted by Crippen LogP contribution is 2.21. The van der Waals surface area contributed by atoms with E-state index >= 15 is 0 Å². The van der Waals surface area contributed by atoms with Crippen LogP contribution in [-0.2, 0) is 9.47 Å². The monoisotopic (exact) mass is 154 g/mol. The van der Waals surface area contributed by atoms with Gasteiger partial charge in [-0.1, -0.05) is 12.8 Å². The summed E-state index contributed by atoms with van der Waals surface area (Å²) in [4.78, 5) is 0. The lowest BCUT2D eigenvalue weighted by molar-refractivity contribution is -0.132. The fourth-order valence-corrected chi connectivity index (χ4v) is 0.974. The van der Waals surface area contributed by atoms with E-state index in [4.69, 9.17) is 9.47 Å². The van der Waals surface area contributed by atoms with Crippen molar-refractivity contribution >= 4 is 0 Å². The van der Waals surface area contributed by atoms with Crippen molar-refractivity contribution < 1.29 is 9.47 Å². The van der Waals surface area contributed by atoms with Crippen molar-refractivity contribution in [2.24, 2.45) is 0 Å². The zero-order valence-corrected chi connectivity index (χ0v) is 7.31. The maximum atomic E-state index is 5.46. The Labute approximate surface area is 67.9 Å². The summed E-state index contributed by atoms with van der Waals surface area (Å²) < 4.78 is 10.8. The zero-order valence-electron chi connectivity index (χ0n) is 7.31. The van der Waals surface area contributed by atoms with Gasteiger partial charge in [0.15, 0.2) is 5.79 Å². The molecular weight excluding hydrogens is 140 g/mol. The van der Waals surface area contributed by atoms with E-state index in [2.05, 4.69) is 11.8 Å². The summed E-state index contributed by atoms with van der Waals surface area (Å²) >= 11 is 0. The molecule has 0 saturated carbocycles. The van der Waals surface area contributed by atoms with E-state index in [1.54, 1.807) is 0 Å². The maximum Gasteiger partial charge on any atom is 0.164 e. The molecule has 1 fully saturated rings. The standard InChI is InChI=1S/C9H14O2/c1-4-5-6-8-7-10-9(2,3)11-8/h8H,4,7H2,1-3H3/t8-/m0/s1. The van der Waals surface area contributed by atoms with E-state index in [-0.39, 0.29) is 6.10 Å². The van der Waals surface area contributed by atoms with Crippen molar-refractivity contribution in [2.45, 2.75) is 39.1 Å². The van der Waals surface area contributed by atoms with Crippen LogP contribution in [0.5, 0.6) is 0 Å². The van der Waals surface area contributed by atoms with Crippen molar-refractivity contribution in [3.8, 4) is 11.8 Å². The average Bonchev–Trinajstić information content (AvgIpc) is 2.26. The van der Waals surface area contributed by atoms with Gasteiger partial charge in [-0.15, -0.1) is 5.92 Å². The molecule has 1 heterocycles. The summed E-state index contributed by atoms with van der Waals surface area (Å²) in [5.74, 6) is 5.53. The molecule has 0 aromatic heterocycles. The Balaban J connectivity index is 2.42. The van der Waals surface area contributed by atoms with Crippen LogP contribution >= 0.6 is 0 Å². The van der Waals surface area contributed by atoms with Crippen LogP contribution in [0.1, 0.15) is 27.2 Å². The molecule has 0 N–H and O–H groups in total. The van der Waals surface area contributed by atoms with Gasteiger partial charge in [-0.25, -0.2) is 0 Å². The summed E-state index contributed by atoms with van der Waals surface area (Å²) in [7, 11) is 0. The molecule has 0 amide bonds. The molecule has 2 heteroatoms. The third-order valence-electron chi connectivity index (χ3n) is 1.45. The molecule has 1 saturated heterocycles. The molecule has 0 aromatic carbocycles. The molecule has 0 aromatic rings. The van der Waals surface area contributed by atoms with Gasteiger partial charge in [-0.05, 0) is 13.8 Å². The van der Waals surface area contributed by atoms with Crippen molar-refractivity contribution in [3.05, 3.63) is 0 Å². The first-order chi connectivity index (χ1) is 5.14. The van der Waals surface area contributed by atoms with Crippen LogP contribution in [0.25, 0.3) is 0 Å². The first-order valence-corrected chi connectivity index (χ1v) is 3.94. The fraction of sp³-hybridized carbons (Fsp3) is 0.778. The van der Waals surface area contributed by atoms with Gasteiger partial charge in [0.05, 0.1) is 6.61 Å². The summed E-state index contributed by atoms with van der Waals surface area (Å²) in [6, 6.07) is 0. The Morgan fingerprint density at radius 2 is 2.27 bits per heavy atom. The van der Waals surface area contributed by atoms with Gasteiger partial charge in [-0.3, -0.25) is 0 Å². The van der Waals surface area contributed by atoms with Gasteiger partial charge in [0.1, 0.15) is 6.10 Å². The van der Waals surface area contributed by atoms with Gasteiger partial charge in [0, 0.05) is 6.42 Å². The number of ether oxygens (including phenoxy) is 2. The van der Waals surface area contributed by atoms with Crippen molar-refractivity contribution in [2.75, 3.05) is 6.61 Å². The van der Waals surface area contributed by atoms with Gasteiger partial charge >= 0.3 is 0 Å². The van der Waals surface area contributed by atoms with Crippen molar-refractivity contribution in [1.82, 2.24) is 0 Å². The molecule has 1 aliphatic heterocycles. The van der Waals surface area contributed by atoms with E-state index < -0.39 is 5.79 Å². The number of hydrogen-bond donors (Lipinski definition) is 0. The Kier molecular flexibility index (Phi) is 2.53. The van der Waals surface area contributed by atoms with Crippen LogP contribution in [0.2, 0.25) is 0 Å². The number of rotatable bonds is 0. The third-order valence-corrected chi connectivity index (χ3v) is 1.45. The second-order valence-electron chi connectivity index (χ2n) is 2.99. The lowest BCUT2D eigenvalue weighted by Gasteiger charge is -2.14. The predicted molar refractivity (Wildman–Crippen MR) is 43.0 cm³/mol. The van der Waals surface area contributed by atoms with Gasteiger partial charge in [0.25, 0.3) is 0 Å². The SMILES string of the molecule is CCC#C[C@H]1COC(C)(C)O1. The highest BCUT2D eigenvalue weighted by molar-refractivity contribution is 5.06. The van der Waals surface area contributed by atoms with Crippen molar-refractivity contribution in [1.29, 1.82) is 0 Å². The molecule has 11 heavy (non-hydrogen) atoms. The summed E-state index contributed by atoms with van der Waals surface area (Å²) in [5.41, 5.74) is 0. The van der Waals surface area contributed by atoms with E-state index in [1.807, 2.05) is 20.8 Å². The van der Waals surface area contributed by atoms with Crippen LogP contribution in [0, 0.1) is 11.8 Å². The highest BCUT2D eigenvalue weighted by Gasteiger charge is 2.31. The Bertz CT molecular complexity index is 185. The first-order valence-electron chi connectivity index (χ1n) is 3.94. The molecule has 0 radical (unpaired) electrons. The van der Waals surface area contributed by atoms with E-state index in [0.29, 0.717) is 6.61 Å². The van der Waals surface area contributed by atoms with Gasteiger partial charge in [-0.2, -0.15) is 0 Å². The van der Waals surface area contributed by atoms with E-state index in [0.717, 1.165) is 6.42 Å². The first kappa shape index (κ1) is 8.58. The predicted octanol–water partition coefficient (Wildman–Crippen LogP) is 1.55. The summed E-state index contributed by atoms with van der Waals surface area (Å²) in [5, 5.41) is 0. The topological polar surface area (TPSA) is 18.5 Å². The fourth-order valence-electron chi connectivity index (χ4n) is 0.974. The number of hydrogen-bond acceptors (Lipinski definition) is 2. The minimum absolute atomic E-state index is 0.0232. The second-order valence-corrected chi connectivity index (χ2v) is 2.99.